The van der Waals surface area contributed by atoms with E-state index < -0.39 is 26.6 Å². The van der Waals surface area contributed by atoms with Crippen molar-refractivity contribution < 1.29 is 22.3 Å². The highest BCUT2D eigenvalue weighted by atomic mass is 32.2. The van der Waals surface area contributed by atoms with E-state index in [1.807, 2.05) is 6.92 Å². The highest BCUT2D eigenvalue weighted by Crippen LogP contribution is 2.25. The second kappa shape index (κ2) is 8.96. The van der Waals surface area contributed by atoms with Crippen LogP contribution < -0.4 is 10.1 Å². The topological polar surface area (TPSA) is 75.7 Å². The number of nitrogens with zero attached hydrogens (tertiary/aromatic N) is 1. The number of benzene rings is 2. The summed E-state index contributed by atoms with van der Waals surface area (Å²) in [5.74, 6) is -0.960. The molecule has 2 aromatic rings. The van der Waals surface area contributed by atoms with Crippen molar-refractivity contribution in [2.45, 2.75) is 25.7 Å². The van der Waals surface area contributed by atoms with Gasteiger partial charge in [0.15, 0.2) is 0 Å². The fourth-order valence-electron chi connectivity index (χ4n) is 2.59. The van der Waals surface area contributed by atoms with E-state index in [1.54, 1.807) is 38.1 Å². The summed E-state index contributed by atoms with van der Waals surface area (Å²) in [4.78, 5) is 12.1. The molecule has 2 aromatic carbocycles. The van der Waals surface area contributed by atoms with Gasteiger partial charge in [0.1, 0.15) is 16.5 Å². The Labute approximate surface area is 159 Å². The zero-order valence-electron chi connectivity index (χ0n) is 15.5. The predicted octanol–water partition coefficient (Wildman–Crippen LogP) is 3.51. The van der Waals surface area contributed by atoms with Crippen LogP contribution in [0.1, 0.15) is 31.1 Å². The Bertz CT molecular complexity index is 912. The van der Waals surface area contributed by atoms with Crippen molar-refractivity contribution in [2.24, 2.45) is 0 Å². The van der Waals surface area contributed by atoms with E-state index >= 15 is 0 Å². The zero-order valence-corrected chi connectivity index (χ0v) is 16.3. The van der Waals surface area contributed by atoms with Gasteiger partial charge in [-0.2, -0.15) is 4.31 Å². The molecule has 0 saturated heterocycles. The van der Waals surface area contributed by atoms with Gasteiger partial charge in [-0.25, -0.2) is 12.8 Å². The number of carbonyl (C=O) groups is 1. The molecule has 146 valence electrons. The number of halogens is 1. The zero-order chi connectivity index (χ0) is 20.0. The number of nitrogens with one attached hydrogen (secondary N) is 1. The summed E-state index contributed by atoms with van der Waals surface area (Å²) in [5.41, 5.74) is 0.482. The Kier molecular flexibility index (Phi) is 6.92. The van der Waals surface area contributed by atoms with Crippen LogP contribution in [0.4, 0.5) is 10.1 Å². The lowest BCUT2D eigenvalue weighted by molar-refractivity contribution is 0.102. The molecule has 1 N–H and O–H groups in total. The molecule has 27 heavy (non-hydrogen) atoms. The highest BCUT2D eigenvalue weighted by Gasteiger charge is 2.26. The lowest BCUT2D eigenvalue weighted by Gasteiger charge is -2.19. The van der Waals surface area contributed by atoms with E-state index in [2.05, 4.69) is 5.32 Å². The number of hydrogen-bond donors (Lipinski definition) is 1. The quantitative estimate of drug-likeness (QED) is 0.743. The van der Waals surface area contributed by atoms with Crippen LogP contribution in [0.5, 0.6) is 5.75 Å². The average molecular weight is 394 g/mol. The van der Waals surface area contributed by atoms with E-state index in [1.165, 1.54) is 6.07 Å². The largest absolute Gasteiger partial charge is 0.492 e. The maximum atomic E-state index is 14.2. The van der Waals surface area contributed by atoms with Crippen molar-refractivity contribution in [3.05, 3.63) is 53.8 Å². The van der Waals surface area contributed by atoms with Gasteiger partial charge in [0.2, 0.25) is 10.0 Å². The van der Waals surface area contributed by atoms with Crippen molar-refractivity contribution in [3.63, 3.8) is 0 Å². The fraction of sp³-hybridized carbons (Fsp3) is 0.316. The summed E-state index contributed by atoms with van der Waals surface area (Å²) in [6.45, 7) is 5.99. The summed E-state index contributed by atoms with van der Waals surface area (Å²) in [5, 5.41) is 2.67. The van der Waals surface area contributed by atoms with Crippen LogP contribution in [0.15, 0.2) is 47.4 Å². The second-order valence-electron chi connectivity index (χ2n) is 5.62. The van der Waals surface area contributed by atoms with Gasteiger partial charge >= 0.3 is 0 Å². The molecule has 1 amide bonds. The van der Waals surface area contributed by atoms with Crippen LogP contribution in [-0.4, -0.2) is 38.3 Å². The molecule has 0 aromatic heterocycles. The molecule has 2 rings (SSSR count). The number of carbonyl (C=O) groups excluding carboxylic acids is 1. The summed E-state index contributed by atoms with van der Waals surface area (Å²) in [6, 6.07) is 10.2. The monoisotopic (exact) mass is 394 g/mol. The molecule has 0 aliphatic heterocycles. The smallest absolute Gasteiger partial charge is 0.255 e. The standard InChI is InChI=1S/C19H23FN2O4S/c1-4-22(5-2)27(24,25)18-13-14(11-12-15(18)20)19(23)21-16-9-7-8-10-17(16)26-6-3/h7-13H,4-6H2,1-3H3,(H,21,23). The Balaban J connectivity index is 2.37. The minimum Gasteiger partial charge on any atom is -0.492 e. The van der Waals surface area contributed by atoms with Crippen LogP contribution in [0.3, 0.4) is 0 Å². The number of anilines is 1. The molecule has 0 spiro atoms. The summed E-state index contributed by atoms with van der Waals surface area (Å²) in [6.07, 6.45) is 0. The van der Waals surface area contributed by atoms with E-state index in [4.69, 9.17) is 4.74 Å². The van der Waals surface area contributed by atoms with Gasteiger partial charge in [-0.3, -0.25) is 4.79 Å². The Morgan fingerprint density at radius 2 is 1.78 bits per heavy atom. The first-order valence-corrected chi connectivity index (χ1v) is 10.1. The van der Waals surface area contributed by atoms with Crippen molar-refractivity contribution >= 4 is 21.6 Å². The summed E-state index contributed by atoms with van der Waals surface area (Å²) < 4.78 is 46.0. The molecular weight excluding hydrogens is 371 g/mol. The van der Waals surface area contributed by atoms with Crippen molar-refractivity contribution in [1.82, 2.24) is 4.31 Å². The van der Waals surface area contributed by atoms with Gasteiger partial charge in [-0.05, 0) is 37.3 Å². The highest BCUT2D eigenvalue weighted by molar-refractivity contribution is 7.89. The second-order valence-corrected chi connectivity index (χ2v) is 7.52. The van der Waals surface area contributed by atoms with Gasteiger partial charge in [0.25, 0.3) is 5.91 Å². The van der Waals surface area contributed by atoms with Gasteiger partial charge in [-0.1, -0.05) is 26.0 Å². The van der Waals surface area contributed by atoms with Gasteiger partial charge in [0, 0.05) is 18.7 Å². The van der Waals surface area contributed by atoms with Crippen LogP contribution in [0.25, 0.3) is 0 Å². The van der Waals surface area contributed by atoms with Crippen LogP contribution in [0.2, 0.25) is 0 Å². The Morgan fingerprint density at radius 1 is 1.11 bits per heavy atom. The third-order valence-corrected chi connectivity index (χ3v) is 6.02. The normalized spacial score (nSPS) is 11.4. The van der Waals surface area contributed by atoms with E-state index in [9.17, 15) is 17.6 Å². The molecule has 6 nitrogen and oxygen atoms in total. The molecule has 0 aliphatic rings. The number of para-hydroxylation sites is 2. The maximum absolute atomic E-state index is 14.2. The van der Waals surface area contributed by atoms with Gasteiger partial charge in [-0.15, -0.1) is 0 Å². The molecule has 0 radical (unpaired) electrons. The number of rotatable bonds is 8. The van der Waals surface area contributed by atoms with E-state index in [-0.39, 0.29) is 18.7 Å². The maximum Gasteiger partial charge on any atom is 0.255 e. The summed E-state index contributed by atoms with van der Waals surface area (Å²) >= 11 is 0. The molecule has 0 aliphatic carbocycles. The third-order valence-electron chi connectivity index (χ3n) is 3.95. The molecular formula is C19H23FN2O4S. The van der Waals surface area contributed by atoms with E-state index in [0.29, 0.717) is 18.0 Å². The first-order chi connectivity index (χ1) is 12.8. The molecule has 0 unspecified atom stereocenters. The number of ether oxygens (including phenoxy) is 1. The fourth-order valence-corrected chi connectivity index (χ4v) is 4.14. The number of hydrogen-bond acceptors (Lipinski definition) is 4. The predicted molar refractivity (Wildman–Crippen MR) is 102 cm³/mol. The number of sulfonamides is 1. The third kappa shape index (κ3) is 4.64. The first kappa shape index (κ1) is 20.9. The van der Waals surface area contributed by atoms with E-state index in [0.717, 1.165) is 16.4 Å². The molecule has 0 saturated carbocycles. The van der Waals surface area contributed by atoms with Crippen LogP contribution in [-0.2, 0) is 10.0 Å². The minimum atomic E-state index is -4.02. The first-order valence-electron chi connectivity index (χ1n) is 8.68. The Morgan fingerprint density at radius 3 is 2.41 bits per heavy atom. The molecule has 8 heteroatoms. The lowest BCUT2D eigenvalue weighted by atomic mass is 10.2. The number of amides is 1. The van der Waals surface area contributed by atoms with Crippen molar-refractivity contribution in [3.8, 4) is 5.75 Å². The van der Waals surface area contributed by atoms with Crippen LogP contribution in [0, 0.1) is 5.82 Å². The summed E-state index contributed by atoms with van der Waals surface area (Å²) in [7, 11) is -4.02. The SMILES string of the molecule is CCOc1ccccc1NC(=O)c1ccc(F)c(S(=O)(=O)N(CC)CC)c1. The van der Waals surface area contributed by atoms with Crippen LogP contribution >= 0.6 is 0 Å². The van der Waals surface area contributed by atoms with Crippen molar-refractivity contribution in [2.75, 3.05) is 25.0 Å². The minimum absolute atomic E-state index is 0.0356. The lowest BCUT2D eigenvalue weighted by Crippen LogP contribution is -2.31. The average Bonchev–Trinajstić information content (AvgIpc) is 2.64. The Hall–Kier alpha value is -2.45. The van der Waals surface area contributed by atoms with Crippen molar-refractivity contribution in [1.29, 1.82) is 0 Å². The van der Waals surface area contributed by atoms with Gasteiger partial charge < -0.3 is 10.1 Å². The molecule has 0 atom stereocenters. The molecule has 0 fully saturated rings. The molecule has 0 bridgehead atoms. The van der Waals surface area contributed by atoms with Gasteiger partial charge in [0.05, 0.1) is 12.3 Å². The molecule has 0 heterocycles.